The molecule has 2 nitrogen and oxygen atoms in total. The highest BCUT2D eigenvalue weighted by Crippen LogP contribution is 2.54. The molecule has 5 aromatic carbocycles. The molecule has 0 spiro atoms. The molecule has 0 amide bonds. The van der Waals surface area contributed by atoms with Gasteiger partial charge in [0.05, 0.1) is 5.39 Å². The number of fused-ring (bicyclic) bond motifs is 15. The Morgan fingerprint density at radius 2 is 1.25 bits per heavy atom. The maximum atomic E-state index is 2.62. The zero-order valence-electron chi connectivity index (χ0n) is 19.7. The summed E-state index contributed by atoms with van der Waals surface area (Å²) < 4.78 is 5.16. The molecule has 0 N–H and O–H groups in total. The molecule has 0 saturated heterocycles. The van der Waals surface area contributed by atoms with Gasteiger partial charge in [0.1, 0.15) is 12.1 Å². The molecule has 1 aliphatic heterocycles. The van der Waals surface area contributed by atoms with Gasteiger partial charge in [0.2, 0.25) is 0 Å². The molecule has 7 aromatic rings. The Labute approximate surface area is 207 Å². The van der Waals surface area contributed by atoms with E-state index in [0.29, 0.717) is 0 Å². The SMILES string of the molecule is c1ccc2c(c1)Cc1c3c(c4c(c1-2)c1cccc2c1c1n4c4ccccc4[n+]1C2)-c1ccccc1C3. The fourth-order valence-corrected chi connectivity index (χ4v) is 7.76. The van der Waals surface area contributed by atoms with Crippen molar-refractivity contribution in [3.63, 3.8) is 0 Å². The topological polar surface area (TPSA) is 8.29 Å². The molecule has 3 aliphatic rings. The third-order valence-corrected chi connectivity index (χ3v) is 9.08. The summed E-state index contributed by atoms with van der Waals surface area (Å²) >= 11 is 0. The molecule has 0 fully saturated rings. The van der Waals surface area contributed by atoms with E-state index in [9.17, 15) is 0 Å². The van der Waals surface area contributed by atoms with Crippen LogP contribution in [0.5, 0.6) is 0 Å². The number of nitrogens with zero attached hydrogens (tertiary/aromatic N) is 2. The Balaban J connectivity index is 1.60. The number of hydrogen-bond donors (Lipinski definition) is 0. The summed E-state index contributed by atoms with van der Waals surface area (Å²) in [5, 5.41) is 4.27. The van der Waals surface area contributed by atoms with Crippen LogP contribution in [0.25, 0.3) is 60.6 Å². The quantitative estimate of drug-likeness (QED) is 0.168. The Kier molecular flexibility index (Phi) is 2.92. The van der Waals surface area contributed by atoms with E-state index in [1.54, 1.807) is 5.56 Å². The number of rotatable bonds is 0. The minimum absolute atomic E-state index is 0.942. The fourth-order valence-electron chi connectivity index (χ4n) is 7.76. The standard InChI is InChI=1S/C34H21N2/c1-3-11-22-19(8-1)16-25-26-17-20-9-2-4-12-23(20)31(26)33-32(30(22)25)24-13-7-10-21-18-35-27-14-5-6-15-28(27)36(33)34(35)29(21)24/h1-15H,16-18H2/q+1. The normalized spacial score (nSPS) is 14.3. The molecule has 0 unspecified atom stereocenters. The zero-order chi connectivity index (χ0) is 23.1. The van der Waals surface area contributed by atoms with Gasteiger partial charge in [-0.25, -0.2) is 4.57 Å². The summed E-state index contributed by atoms with van der Waals surface area (Å²) in [7, 11) is 0. The van der Waals surface area contributed by atoms with Crippen molar-refractivity contribution in [1.82, 2.24) is 4.40 Å². The van der Waals surface area contributed by atoms with Gasteiger partial charge in [-0.3, -0.25) is 0 Å². The molecule has 36 heavy (non-hydrogen) atoms. The second kappa shape index (κ2) is 5.85. The third-order valence-electron chi connectivity index (χ3n) is 9.08. The van der Waals surface area contributed by atoms with E-state index < -0.39 is 0 Å². The summed E-state index contributed by atoms with van der Waals surface area (Å²) in [6.07, 6.45) is 2.06. The fraction of sp³-hybridized carbons (Fsp3) is 0.0882. The van der Waals surface area contributed by atoms with Crippen LogP contribution in [-0.4, -0.2) is 4.40 Å². The molecule has 2 aromatic heterocycles. The average molecular weight is 458 g/mol. The monoisotopic (exact) mass is 457 g/mol. The number of benzene rings is 5. The van der Waals surface area contributed by atoms with Crippen molar-refractivity contribution in [2.24, 2.45) is 0 Å². The number of aromatic nitrogens is 2. The van der Waals surface area contributed by atoms with Gasteiger partial charge in [0.25, 0.3) is 5.65 Å². The van der Waals surface area contributed by atoms with Gasteiger partial charge in [0.15, 0.2) is 11.0 Å². The molecular weight excluding hydrogens is 436 g/mol. The molecule has 0 bridgehead atoms. The molecule has 0 saturated carbocycles. The Morgan fingerprint density at radius 1 is 0.583 bits per heavy atom. The number of imidazole rings is 1. The van der Waals surface area contributed by atoms with Crippen molar-refractivity contribution in [3.05, 3.63) is 119 Å². The van der Waals surface area contributed by atoms with E-state index in [1.807, 2.05) is 0 Å². The molecule has 10 rings (SSSR count). The first-order valence-electron chi connectivity index (χ1n) is 12.9. The van der Waals surface area contributed by atoms with Crippen LogP contribution in [0, 0.1) is 0 Å². The maximum absolute atomic E-state index is 2.62. The Bertz CT molecular complexity index is 2180. The van der Waals surface area contributed by atoms with E-state index in [2.05, 4.69) is 100.0 Å². The first kappa shape index (κ1) is 17.9. The lowest BCUT2D eigenvalue weighted by Crippen LogP contribution is -2.30. The molecule has 166 valence electrons. The third kappa shape index (κ3) is 1.84. The minimum atomic E-state index is 0.942. The molecular formula is C34H21N2+. The molecule has 2 aliphatic carbocycles. The zero-order valence-corrected chi connectivity index (χ0v) is 19.7. The van der Waals surface area contributed by atoms with E-state index in [1.165, 1.54) is 82.9 Å². The van der Waals surface area contributed by atoms with E-state index in [4.69, 9.17) is 0 Å². The number of pyridine rings is 1. The van der Waals surface area contributed by atoms with Gasteiger partial charge < -0.3 is 0 Å². The van der Waals surface area contributed by atoms with Gasteiger partial charge >= 0.3 is 0 Å². The van der Waals surface area contributed by atoms with Crippen LogP contribution in [0.1, 0.15) is 27.8 Å². The molecule has 0 radical (unpaired) electrons. The summed E-state index contributed by atoms with van der Waals surface area (Å²) in [6, 6.07) is 34.1. The van der Waals surface area contributed by atoms with Gasteiger partial charge in [-0.05, 0) is 63.9 Å². The van der Waals surface area contributed by atoms with Crippen molar-refractivity contribution < 1.29 is 4.57 Å². The van der Waals surface area contributed by atoms with E-state index in [-0.39, 0.29) is 0 Å². The van der Waals surface area contributed by atoms with Crippen LogP contribution in [0.2, 0.25) is 0 Å². The van der Waals surface area contributed by atoms with Gasteiger partial charge in [-0.2, -0.15) is 4.40 Å². The van der Waals surface area contributed by atoms with Crippen molar-refractivity contribution in [3.8, 4) is 22.3 Å². The van der Waals surface area contributed by atoms with Gasteiger partial charge in [0, 0.05) is 21.9 Å². The first-order chi connectivity index (χ1) is 17.9. The van der Waals surface area contributed by atoms with Crippen molar-refractivity contribution >= 4 is 38.4 Å². The van der Waals surface area contributed by atoms with Gasteiger partial charge in [-0.1, -0.05) is 78.9 Å². The second-order valence-electron chi connectivity index (χ2n) is 10.7. The van der Waals surface area contributed by atoms with Crippen molar-refractivity contribution in [1.29, 1.82) is 0 Å². The van der Waals surface area contributed by atoms with Gasteiger partial charge in [-0.15, -0.1) is 0 Å². The summed E-state index contributed by atoms with van der Waals surface area (Å²) in [5.41, 5.74) is 18.6. The average Bonchev–Trinajstić information content (AvgIpc) is 3.67. The highest BCUT2D eigenvalue weighted by molar-refractivity contribution is 6.24. The predicted octanol–water partition coefficient (Wildman–Crippen LogP) is 7.19. The summed E-state index contributed by atoms with van der Waals surface area (Å²) in [6.45, 7) is 0.942. The van der Waals surface area contributed by atoms with Crippen LogP contribution in [0.3, 0.4) is 0 Å². The number of para-hydroxylation sites is 2. The van der Waals surface area contributed by atoms with Crippen molar-refractivity contribution in [2.75, 3.05) is 0 Å². The van der Waals surface area contributed by atoms with Crippen LogP contribution >= 0.6 is 0 Å². The maximum Gasteiger partial charge on any atom is 0.296 e. The van der Waals surface area contributed by atoms with Crippen LogP contribution in [-0.2, 0) is 19.4 Å². The molecule has 2 heteroatoms. The lowest BCUT2D eigenvalue weighted by molar-refractivity contribution is -0.631. The van der Waals surface area contributed by atoms with Crippen LogP contribution < -0.4 is 4.57 Å². The van der Waals surface area contributed by atoms with E-state index >= 15 is 0 Å². The molecule has 0 atom stereocenters. The number of hydrogen-bond acceptors (Lipinski definition) is 0. The van der Waals surface area contributed by atoms with Crippen molar-refractivity contribution in [2.45, 2.75) is 19.4 Å². The van der Waals surface area contributed by atoms with E-state index in [0.717, 1.165) is 19.4 Å². The first-order valence-corrected chi connectivity index (χ1v) is 12.9. The highest BCUT2D eigenvalue weighted by atomic mass is 15.1. The molecule has 3 heterocycles. The largest absolute Gasteiger partial charge is 0.296 e. The predicted molar refractivity (Wildman–Crippen MR) is 146 cm³/mol. The Hall–Kier alpha value is -4.43. The lowest BCUT2D eigenvalue weighted by Gasteiger charge is -2.16. The summed E-state index contributed by atoms with van der Waals surface area (Å²) in [4.78, 5) is 0. The Morgan fingerprint density at radius 3 is 2.08 bits per heavy atom. The summed E-state index contributed by atoms with van der Waals surface area (Å²) in [5.74, 6) is 0. The second-order valence-corrected chi connectivity index (χ2v) is 10.7. The smallest absolute Gasteiger partial charge is 0.218 e. The minimum Gasteiger partial charge on any atom is -0.218 e. The highest BCUT2D eigenvalue weighted by Gasteiger charge is 2.38. The lowest BCUT2D eigenvalue weighted by atomic mass is 9.88. The van der Waals surface area contributed by atoms with Crippen LogP contribution in [0.4, 0.5) is 0 Å². The van der Waals surface area contributed by atoms with Crippen LogP contribution in [0.15, 0.2) is 91.0 Å².